The molecular formula is C16H11N5O2S. The Kier molecular flexibility index (Phi) is 3.51. The van der Waals surface area contributed by atoms with Crippen molar-refractivity contribution in [2.75, 3.05) is 5.32 Å². The maximum absolute atomic E-state index is 12.3. The van der Waals surface area contributed by atoms with Crippen molar-refractivity contribution in [1.29, 1.82) is 0 Å². The van der Waals surface area contributed by atoms with Gasteiger partial charge >= 0.3 is 0 Å². The van der Waals surface area contributed by atoms with Gasteiger partial charge in [0.05, 0.1) is 11.1 Å². The molecule has 0 aliphatic carbocycles. The van der Waals surface area contributed by atoms with Crippen molar-refractivity contribution in [3.8, 4) is 11.5 Å². The third kappa shape index (κ3) is 2.63. The van der Waals surface area contributed by atoms with Crippen LogP contribution in [-0.2, 0) is 0 Å². The van der Waals surface area contributed by atoms with Crippen LogP contribution >= 0.6 is 11.3 Å². The monoisotopic (exact) mass is 337 g/mol. The number of carbonyl (C=O) groups excluding carboxylic acids is 1. The maximum Gasteiger partial charge on any atom is 0.295 e. The van der Waals surface area contributed by atoms with Gasteiger partial charge in [-0.25, -0.2) is 9.97 Å². The van der Waals surface area contributed by atoms with E-state index in [-0.39, 0.29) is 5.76 Å². The minimum Gasteiger partial charge on any atom is -0.351 e. The quantitative estimate of drug-likeness (QED) is 0.616. The minimum absolute atomic E-state index is 0.133. The van der Waals surface area contributed by atoms with Crippen molar-refractivity contribution in [1.82, 2.24) is 20.1 Å². The summed E-state index contributed by atoms with van der Waals surface area (Å²) in [7, 11) is 0. The molecule has 4 rings (SSSR count). The Bertz CT molecular complexity index is 1030. The molecule has 4 aromatic rings. The number of hydrogen-bond acceptors (Lipinski definition) is 7. The molecule has 0 atom stereocenters. The fourth-order valence-electron chi connectivity index (χ4n) is 2.20. The van der Waals surface area contributed by atoms with E-state index in [1.807, 2.05) is 29.6 Å². The number of carbonyl (C=O) groups is 1. The molecule has 0 bridgehead atoms. The Hall–Kier alpha value is -3.13. The zero-order valence-corrected chi connectivity index (χ0v) is 13.4. The van der Waals surface area contributed by atoms with Crippen LogP contribution in [0.5, 0.6) is 0 Å². The van der Waals surface area contributed by atoms with Gasteiger partial charge in [0.15, 0.2) is 5.82 Å². The molecule has 0 radical (unpaired) electrons. The molecule has 24 heavy (non-hydrogen) atoms. The van der Waals surface area contributed by atoms with Gasteiger partial charge in [0.25, 0.3) is 5.91 Å². The highest BCUT2D eigenvalue weighted by Gasteiger charge is 2.17. The molecule has 0 spiro atoms. The van der Waals surface area contributed by atoms with Gasteiger partial charge in [0, 0.05) is 12.3 Å². The standard InChI is InChI=1S/C16H11N5O2S/c1-9-8-12(23-21-9)15(22)19-13-10-5-7-24-16(10)20-14(18-13)11-4-2-3-6-17-11/h2-8H,1H3,(H,18,19,20,22). The Balaban J connectivity index is 1.76. The van der Waals surface area contributed by atoms with E-state index >= 15 is 0 Å². The van der Waals surface area contributed by atoms with Crippen molar-refractivity contribution in [3.63, 3.8) is 0 Å². The Morgan fingerprint density at radius 3 is 2.92 bits per heavy atom. The zero-order chi connectivity index (χ0) is 16.5. The number of anilines is 1. The van der Waals surface area contributed by atoms with Crippen LogP contribution in [0, 0.1) is 6.92 Å². The van der Waals surface area contributed by atoms with Crippen LogP contribution in [0.25, 0.3) is 21.7 Å². The van der Waals surface area contributed by atoms with Crippen LogP contribution in [0.1, 0.15) is 16.2 Å². The number of aromatic nitrogens is 4. The lowest BCUT2D eigenvalue weighted by molar-refractivity contribution is 0.0987. The van der Waals surface area contributed by atoms with E-state index in [4.69, 9.17) is 4.52 Å². The average molecular weight is 337 g/mol. The third-order valence-corrected chi connectivity index (χ3v) is 4.11. The van der Waals surface area contributed by atoms with Crippen LogP contribution in [0.15, 0.2) is 46.4 Å². The molecule has 4 aromatic heterocycles. The molecule has 8 heteroatoms. The molecule has 1 N–H and O–H groups in total. The summed E-state index contributed by atoms with van der Waals surface area (Å²) in [5.41, 5.74) is 1.27. The van der Waals surface area contributed by atoms with E-state index in [2.05, 4.69) is 25.4 Å². The fraction of sp³-hybridized carbons (Fsp3) is 0.0625. The van der Waals surface area contributed by atoms with Crippen molar-refractivity contribution in [3.05, 3.63) is 53.4 Å². The van der Waals surface area contributed by atoms with Crippen LogP contribution in [0.2, 0.25) is 0 Å². The second-order valence-electron chi connectivity index (χ2n) is 5.04. The van der Waals surface area contributed by atoms with Crippen LogP contribution in [0.4, 0.5) is 5.82 Å². The number of amides is 1. The Morgan fingerprint density at radius 2 is 2.17 bits per heavy atom. The van der Waals surface area contributed by atoms with E-state index in [9.17, 15) is 4.79 Å². The summed E-state index contributed by atoms with van der Waals surface area (Å²) in [6.07, 6.45) is 1.67. The summed E-state index contributed by atoms with van der Waals surface area (Å²) in [5.74, 6) is 0.596. The van der Waals surface area contributed by atoms with E-state index in [0.717, 1.165) is 10.2 Å². The SMILES string of the molecule is Cc1cc(C(=O)Nc2nc(-c3ccccn3)nc3sccc23)on1. The molecule has 7 nitrogen and oxygen atoms in total. The summed E-state index contributed by atoms with van der Waals surface area (Å²) < 4.78 is 4.99. The van der Waals surface area contributed by atoms with Crippen molar-refractivity contribution >= 4 is 33.3 Å². The number of hydrogen-bond donors (Lipinski definition) is 1. The number of aryl methyl sites for hydroxylation is 1. The molecule has 4 heterocycles. The summed E-state index contributed by atoms with van der Waals surface area (Å²) >= 11 is 1.47. The first-order chi connectivity index (χ1) is 11.7. The molecule has 0 aliphatic rings. The number of nitrogens with one attached hydrogen (secondary N) is 1. The van der Waals surface area contributed by atoms with Gasteiger partial charge in [-0.2, -0.15) is 0 Å². The highest BCUT2D eigenvalue weighted by Crippen LogP contribution is 2.28. The first kappa shape index (κ1) is 14.5. The highest BCUT2D eigenvalue weighted by molar-refractivity contribution is 7.16. The van der Waals surface area contributed by atoms with Crippen LogP contribution < -0.4 is 5.32 Å². The summed E-state index contributed by atoms with van der Waals surface area (Å²) in [5, 5.41) is 9.15. The topological polar surface area (TPSA) is 93.8 Å². The van der Waals surface area contributed by atoms with E-state index in [0.29, 0.717) is 23.0 Å². The van der Waals surface area contributed by atoms with Crippen LogP contribution in [0.3, 0.4) is 0 Å². The number of pyridine rings is 1. The van der Waals surface area contributed by atoms with Crippen molar-refractivity contribution in [2.24, 2.45) is 0 Å². The molecule has 0 aromatic carbocycles. The highest BCUT2D eigenvalue weighted by atomic mass is 32.1. The van der Waals surface area contributed by atoms with Crippen LogP contribution in [-0.4, -0.2) is 26.0 Å². The number of rotatable bonds is 3. The summed E-state index contributed by atoms with van der Waals surface area (Å²) in [6, 6.07) is 8.94. The zero-order valence-electron chi connectivity index (χ0n) is 12.6. The van der Waals surface area contributed by atoms with Gasteiger partial charge in [0.1, 0.15) is 16.3 Å². The smallest absolute Gasteiger partial charge is 0.295 e. The second-order valence-corrected chi connectivity index (χ2v) is 5.93. The van der Waals surface area contributed by atoms with Gasteiger partial charge in [-0.1, -0.05) is 11.2 Å². The molecule has 118 valence electrons. The molecule has 0 fully saturated rings. The first-order valence-electron chi connectivity index (χ1n) is 7.12. The number of fused-ring (bicyclic) bond motifs is 1. The maximum atomic E-state index is 12.3. The van der Waals surface area contributed by atoms with Crippen molar-refractivity contribution in [2.45, 2.75) is 6.92 Å². The normalized spacial score (nSPS) is 10.9. The van der Waals surface area contributed by atoms with E-state index < -0.39 is 5.91 Å². The molecule has 0 saturated heterocycles. The summed E-state index contributed by atoms with van der Waals surface area (Å²) in [4.78, 5) is 26.3. The molecule has 0 saturated carbocycles. The van der Waals surface area contributed by atoms with Crippen molar-refractivity contribution < 1.29 is 9.32 Å². The van der Waals surface area contributed by atoms with Gasteiger partial charge in [0.2, 0.25) is 5.76 Å². The predicted molar refractivity (Wildman–Crippen MR) is 89.8 cm³/mol. The molecular weight excluding hydrogens is 326 g/mol. The lowest BCUT2D eigenvalue weighted by atomic mass is 10.3. The third-order valence-electron chi connectivity index (χ3n) is 3.30. The molecule has 1 amide bonds. The number of nitrogens with zero attached hydrogens (tertiary/aromatic N) is 4. The second kappa shape index (κ2) is 5.82. The molecule has 0 aliphatic heterocycles. The average Bonchev–Trinajstić information content (AvgIpc) is 3.24. The first-order valence-corrected chi connectivity index (χ1v) is 8.00. The van der Waals surface area contributed by atoms with Gasteiger partial charge in [-0.15, -0.1) is 11.3 Å². The lowest BCUT2D eigenvalue weighted by Crippen LogP contribution is -2.13. The van der Waals surface area contributed by atoms with Gasteiger partial charge < -0.3 is 9.84 Å². The molecule has 0 unspecified atom stereocenters. The van der Waals surface area contributed by atoms with E-state index in [1.54, 1.807) is 19.2 Å². The summed E-state index contributed by atoms with van der Waals surface area (Å²) in [6.45, 7) is 1.75. The lowest BCUT2D eigenvalue weighted by Gasteiger charge is -2.06. The Morgan fingerprint density at radius 1 is 1.25 bits per heavy atom. The van der Waals surface area contributed by atoms with Gasteiger partial charge in [-0.05, 0) is 30.5 Å². The Labute approximate surface area is 140 Å². The fourth-order valence-corrected chi connectivity index (χ4v) is 2.96. The minimum atomic E-state index is -0.409. The van der Waals surface area contributed by atoms with Gasteiger partial charge in [-0.3, -0.25) is 9.78 Å². The number of thiophene rings is 1. The predicted octanol–water partition coefficient (Wildman–Crippen LogP) is 3.30. The largest absolute Gasteiger partial charge is 0.351 e. The van der Waals surface area contributed by atoms with E-state index in [1.165, 1.54) is 11.3 Å².